The fraction of sp³-hybridized carbons (Fsp3) is 0.714. The summed E-state index contributed by atoms with van der Waals surface area (Å²) >= 11 is 0. The van der Waals surface area contributed by atoms with Crippen LogP contribution in [0.25, 0.3) is 0 Å². The number of rotatable bonds is 5. The van der Waals surface area contributed by atoms with Gasteiger partial charge in [0.1, 0.15) is 6.42 Å². The Morgan fingerprint density at radius 3 is 2.08 bits per heavy atom. The van der Waals surface area contributed by atoms with Gasteiger partial charge < -0.3 is 9.94 Å². The number of carbonyl (C=O) groups excluding carboxylic acids is 1. The summed E-state index contributed by atoms with van der Waals surface area (Å²) in [6, 6.07) is 0. The molecule has 0 heterocycles. The summed E-state index contributed by atoms with van der Waals surface area (Å²) in [6.07, 6.45) is -0.587. The van der Waals surface area contributed by atoms with Crippen molar-refractivity contribution in [3.05, 3.63) is 0 Å². The van der Waals surface area contributed by atoms with Crippen LogP contribution in [0.2, 0.25) is 0 Å². The van der Waals surface area contributed by atoms with E-state index in [0.717, 1.165) is 0 Å². The van der Waals surface area contributed by atoms with Gasteiger partial charge in [-0.15, -0.1) is 17.5 Å². The third-order valence-corrected chi connectivity index (χ3v) is 1.23. The average molecular weight is 212 g/mol. The lowest BCUT2D eigenvalue weighted by Crippen LogP contribution is -2.27. The van der Waals surface area contributed by atoms with Gasteiger partial charge in [-0.25, -0.2) is 4.79 Å². The van der Waals surface area contributed by atoms with Crippen LogP contribution in [0.4, 0.5) is 0 Å². The second-order valence-electron chi connectivity index (χ2n) is 2.15. The van der Waals surface area contributed by atoms with E-state index in [1.807, 2.05) is 13.8 Å². The molecule has 0 saturated heterocycles. The number of nitrogens with zero attached hydrogens (tertiary/aromatic N) is 1. The summed E-state index contributed by atoms with van der Waals surface area (Å²) in [4.78, 5) is 25.5. The summed E-state index contributed by atoms with van der Waals surface area (Å²) in [5.41, 5.74) is 0. The van der Waals surface area contributed by atoms with Gasteiger partial charge in [-0.2, -0.15) is 0 Å². The SMILES string of the molecule is CCN(CC)OC(=O)CC(=O)O.Cl. The van der Waals surface area contributed by atoms with Crippen LogP contribution in [0.15, 0.2) is 0 Å². The van der Waals surface area contributed by atoms with E-state index in [4.69, 9.17) is 5.11 Å². The van der Waals surface area contributed by atoms with Gasteiger partial charge in [0, 0.05) is 13.1 Å². The maximum Gasteiger partial charge on any atom is 0.336 e. The molecule has 1 N–H and O–H groups in total. The molecule has 0 aromatic carbocycles. The van der Waals surface area contributed by atoms with Gasteiger partial charge in [-0.3, -0.25) is 4.79 Å². The van der Waals surface area contributed by atoms with E-state index < -0.39 is 18.4 Å². The molecule has 0 fully saturated rings. The molecular weight excluding hydrogens is 198 g/mol. The Morgan fingerprint density at radius 2 is 1.77 bits per heavy atom. The highest BCUT2D eigenvalue weighted by Gasteiger charge is 2.11. The molecule has 0 radical (unpaired) electrons. The Bertz CT molecular complexity index is 170. The number of aliphatic carboxylic acids is 1. The van der Waals surface area contributed by atoms with Crippen molar-refractivity contribution in [2.75, 3.05) is 13.1 Å². The number of carbonyl (C=O) groups is 2. The highest BCUT2D eigenvalue weighted by Crippen LogP contribution is 1.93. The smallest absolute Gasteiger partial charge is 0.336 e. The third-order valence-electron chi connectivity index (χ3n) is 1.23. The normalized spacial score (nSPS) is 9.15. The quantitative estimate of drug-likeness (QED) is 0.535. The van der Waals surface area contributed by atoms with Crippen LogP contribution < -0.4 is 0 Å². The fourth-order valence-corrected chi connectivity index (χ4v) is 0.652. The maximum atomic E-state index is 10.7. The summed E-state index contributed by atoms with van der Waals surface area (Å²) in [6.45, 7) is 4.75. The topological polar surface area (TPSA) is 66.8 Å². The van der Waals surface area contributed by atoms with Gasteiger partial charge in [-0.1, -0.05) is 0 Å². The highest BCUT2D eigenvalue weighted by atomic mass is 35.5. The van der Waals surface area contributed by atoms with Crippen LogP contribution in [-0.2, 0) is 14.4 Å². The Morgan fingerprint density at radius 1 is 1.31 bits per heavy atom. The predicted octanol–water partition coefficient (Wildman–Crippen LogP) is 0.683. The van der Waals surface area contributed by atoms with E-state index in [1.54, 1.807) is 0 Å². The third kappa shape index (κ3) is 7.55. The van der Waals surface area contributed by atoms with E-state index in [9.17, 15) is 9.59 Å². The standard InChI is InChI=1S/C7H13NO4.ClH/c1-3-8(4-2)12-7(11)5-6(9)10;/h3-5H2,1-2H3,(H,9,10);1H. The first-order chi connectivity index (χ1) is 5.60. The van der Waals surface area contributed by atoms with E-state index in [1.165, 1.54) is 5.06 Å². The molecule has 0 aromatic heterocycles. The lowest BCUT2D eigenvalue weighted by molar-refractivity contribution is -0.190. The summed E-state index contributed by atoms with van der Waals surface area (Å²) in [7, 11) is 0. The Kier molecular flexibility index (Phi) is 8.84. The zero-order valence-corrected chi connectivity index (χ0v) is 8.47. The largest absolute Gasteiger partial charge is 0.481 e. The second kappa shape index (κ2) is 7.82. The first kappa shape index (κ1) is 14.7. The molecule has 0 rings (SSSR count). The molecule has 0 atom stereocenters. The van der Waals surface area contributed by atoms with Crippen molar-refractivity contribution in [2.45, 2.75) is 20.3 Å². The van der Waals surface area contributed by atoms with E-state index in [0.29, 0.717) is 13.1 Å². The Balaban J connectivity index is 0. The Hall–Kier alpha value is -0.810. The lowest BCUT2D eigenvalue weighted by atomic mass is 10.4. The molecule has 78 valence electrons. The first-order valence-electron chi connectivity index (χ1n) is 3.77. The molecule has 0 bridgehead atoms. The van der Waals surface area contributed by atoms with Crippen molar-refractivity contribution in [3.8, 4) is 0 Å². The van der Waals surface area contributed by atoms with Gasteiger partial charge in [0.05, 0.1) is 0 Å². The molecule has 0 aromatic rings. The first-order valence-corrected chi connectivity index (χ1v) is 3.77. The second-order valence-corrected chi connectivity index (χ2v) is 2.15. The van der Waals surface area contributed by atoms with Crippen LogP contribution in [0.5, 0.6) is 0 Å². The van der Waals surface area contributed by atoms with E-state index in [-0.39, 0.29) is 12.4 Å². The van der Waals surface area contributed by atoms with Crippen molar-refractivity contribution in [2.24, 2.45) is 0 Å². The number of hydrogen-bond donors (Lipinski definition) is 1. The molecule has 6 heteroatoms. The zero-order valence-electron chi connectivity index (χ0n) is 7.65. The molecule has 0 spiro atoms. The minimum atomic E-state index is -1.17. The number of hydroxylamine groups is 2. The minimum absolute atomic E-state index is 0. The van der Waals surface area contributed by atoms with Crippen molar-refractivity contribution >= 4 is 24.3 Å². The van der Waals surface area contributed by atoms with Crippen LogP contribution in [0.1, 0.15) is 20.3 Å². The van der Waals surface area contributed by atoms with Gasteiger partial charge >= 0.3 is 11.9 Å². The van der Waals surface area contributed by atoms with Gasteiger partial charge in [0.2, 0.25) is 0 Å². The molecule has 0 aliphatic heterocycles. The minimum Gasteiger partial charge on any atom is -0.481 e. The van der Waals surface area contributed by atoms with Gasteiger partial charge in [0.25, 0.3) is 0 Å². The molecule has 13 heavy (non-hydrogen) atoms. The fourth-order valence-electron chi connectivity index (χ4n) is 0.652. The monoisotopic (exact) mass is 211 g/mol. The molecule has 0 saturated carbocycles. The number of halogens is 1. The van der Waals surface area contributed by atoms with Crippen molar-refractivity contribution in [1.82, 2.24) is 5.06 Å². The number of carboxylic acids is 1. The Labute approximate surface area is 83.0 Å². The van der Waals surface area contributed by atoms with Crippen molar-refractivity contribution in [1.29, 1.82) is 0 Å². The van der Waals surface area contributed by atoms with Crippen LogP contribution in [0, 0.1) is 0 Å². The summed E-state index contributed by atoms with van der Waals surface area (Å²) in [5.74, 6) is -1.90. The molecule has 0 aliphatic carbocycles. The number of hydrogen-bond acceptors (Lipinski definition) is 4. The summed E-state index contributed by atoms with van der Waals surface area (Å²) in [5, 5.41) is 9.62. The van der Waals surface area contributed by atoms with Crippen LogP contribution in [-0.4, -0.2) is 35.2 Å². The molecule has 0 aliphatic rings. The van der Waals surface area contributed by atoms with Crippen LogP contribution in [0.3, 0.4) is 0 Å². The van der Waals surface area contributed by atoms with E-state index >= 15 is 0 Å². The summed E-state index contributed by atoms with van der Waals surface area (Å²) < 4.78 is 0. The number of carboxylic acid groups (broad SMARTS) is 1. The van der Waals surface area contributed by atoms with Crippen molar-refractivity contribution in [3.63, 3.8) is 0 Å². The van der Waals surface area contributed by atoms with Crippen LogP contribution >= 0.6 is 12.4 Å². The molecular formula is C7H14ClNO4. The van der Waals surface area contributed by atoms with Crippen molar-refractivity contribution < 1.29 is 19.5 Å². The zero-order chi connectivity index (χ0) is 9.56. The van der Waals surface area contributed by atoms with Gasteiger partial charge in [-0.05, 0) is 13.8 Å². The average Bonchev–Trinajstić information content (AvgIpc) is 1.98. The lowest BCUT2D eigenvalue weighted by Gasteiger charge is -2.16. The van der Waals surface area contributed by atoms with E-state index in [2.05, 4.69) is 4.84 Å². The van der Waals surface area contributed by atoms with Gasteiger partial charge in [0.15, 0.2) is 0 Å². The molecule has 0 unspecified atom stereocenters. The molecule has 5 nitrogen and oxygen atoms in total. The maximum absolute atomic E-state index is 10.7. The highest BCUT2D eigenvalue weighted by molar-refractivity contribution is 5.89. The molecule has 0 amide bonds. The predicted molar refractivity (Wildman–Crippen MR) is 48.5 cm³/mol.